The van der Waals surface area contributed by atoms with Crippen molar-refractivity contribution in [3.05, 3.63) is 69.8 Å². The molecule has 3 rings (SSSR count). The summed E-state index contributed by atoms with van der Waals surface area (Å²) in [6, 6.07) is 11.2. The molecule has 1 heterocycles. The Labute approximate surface area is 192 Å². The molecule has 0 spiro atoms. The van der Waals surface area contributed by atoms with Crippen molar-refractivity contribution in [1.82, 2.24) is 4.90 Å². The summed E-state index contributed by atoms with van der Waals surface area (Å²) in [5.41, 5.74) is 2.18. The Hall–Kier alpha value is -3.72. The van der Waals surface area contributed by atoms with E-state index in [2.05, 4.69) is 22.0 Å². The van der Waals surface area contributed by atoms with E-state index in [1.807, 2.05) is 6.07 Å². The lowest BCUT2D eigenvalue weighted by Gasteiger charge is -2.36. The first kappa shape index (κ1) is 23.9. The van der Waals surface area contributed by atoms with E-state index in [0.29, 0.717) is 16.8 Å². The summed E-state index contributed by atoms with van der Waals surface area (Å²) in [5, 5.41) is 13.8. The second-order valence-electron chi connectivity index (χ2n) is 7.55. The van der Waals surface area contributed by atoms with Crippen molar-refractivity contribution in [2.45, 2.75) is 13.8 Å². The number of rotatable bonds is 8. The molecule has 0 unspecified atom stereocenters. The Morgan fingerprint density at radius 2 is 1.88 bits per heavy atom. The Morgan fingerprint density at radius 3 is 2.55 bits per heavy atom. The number of hydrogen-bond acceptors (Lipinski definition) is 7. The largest absolute Gasteiger partial charge is 0.462 e. The van der Waals surface area contributed by atoms with Crippen LogP contribution in [0, 0.1) is 10.1 Å². The summed E-state index contributed by atoms with van der Waals surface area (Å²) >= 11 is 0. The van der Waals surface area contributed by atoms with Gasteiger partial charge in [-0.25, -0.2) is 4.79 Å². The molecule has 1 fully saturated rings. The van der Waals surface area contributed by atoms with E-state index >= 15 is 0 Å². The average Bonchev–Trinajstić information content (AvgIpc) is 2.83. The molecule has 9 heteroatoms. The molecule has 174 valence electrons. The Kier molecular flexibility index (Phi) is 8.15. The number of carbonyl (C=O) groups is 2. The summed E-state index contributed by atoms with van der Waals surface area (Å²) in [4.78, 5) is 39.9. The van der Waals surface area contributed by atoms with Crippen molar-refractivity contribution < 1.29 is 19.2 Å². The quantitative estimate of drug-likeness (QED) is 0.283. The lowest BCUT2D eigenvalue weighted by atomic mass is 10.1. The van der Waals surface area contributed by atoms with E-state index < -0.39 is 16.8 Å². The molecule has 0 atom stereocenters. The minimum Gasteiger partial charge on any atom is -0.462 e. The highest BCUT2D eigenvalue weighted by Crippen LogP contribution is 2.29. The van der Waals surface area contributed by atoms with Gasteiger partial charge in [-0.2, -0.15) is 0 Å². The second-order valence-corrected chi connectivity index (χ2v) is 7.55. The van der Waals surface area contributed by atoms with Crippen molar-refractivity contribution in [1.29, 1.82) is 0 Å². The molecule has 9 nitrogen and oxygen atoms in total. The fraction of sp³-hybridized carbons (Fsp3) is 0.333. The number of hydrogen-bond donors (Lipinski definition) is 1. The maximum absolute atomic E-state index is 12.7. The average molecular weight is 453 g/mol. The van der Waals surface area contributed by atoms with E-state index in [4.69, 9.17) is 4.74 Å². The van der Waals surface area contributed by atoms with Gasteiger partial charge in [-0.15, -0.1) is 0 Å². The van der Waals surface area contributed by atoms with Crippen LogP contribution in [0.5, 0.6) is 0 Å². The topological polar surface area (TPSA) is 105 Å². The third-order valence-corrected chi connectivity index (χ3v) is 5.43. The Morgan fingerprint density at radius 1 is 1.12 bits per heavy atom. The zero-order chi connectivity index (χ0) is 23.8. The van der Waals surface area contributed by atoms with Crippen LogP contribution in [0.1, 0.15) is 29.8 Å². The fourth-order valence-corrected chi connectivity index (χ4v) is 3.65. The van der Waals surface area contributed by atoms with Gasteiger partial charge in [-0.3, -0.25) is 14.9 Å². The fourth-order valence-electron chi connectivity index (χ4n) is 3.65. The molecule has 33 heavy (non-hydrogen) atoms. The van der Waals surface area contributed by atoms with E-state index in [0.717, 1.165) is 38.4 Å². The molecule has 2 aromatic carbocycles. The molecule has 1 aliphatic heterocycles. The van der Waals surface area contributed by atoms with Crippen LogP contribution in [0.2, 0.25) is 0 Å². The maximum Gasteiger partial charge on any atom is 0.338 e. The van der Waals surface area contributed by atoms with Crippen LogP contribution in [0.25, 0.3) is 6.08 Å². The van der Waals surface area contributed by atoms with E-state index in [-0.39, 0.29) is 12.3 Å². The van der Waals surface area contributed by atoms with Gasteiger partial charge < -0.3 is 19.9 Å². The first-order valence-electron chi connectivity index (χ1n) is 10.9. The number of nitrogens with one attached hydrogen (secondary N) is 1. The van der Waals surface area contributed by atoms with Gasteiger partial charge in [0.2, 0.25) is 5.91 Å². The molecule has 1 aliphatic rings. The number of benzene rings is 2. The van der Waals surface area contributed by atoms with Gasteiger partial charge in [0.1, 0.15) is 0 Å². The predicted octanol–water partition coefficient (Wildman–Crippen LogP) is 3.57. The minimum atomic E-state index is -0.483. The van der Waals surface area contributed by atoms with Crippen LogP contribution in [0.3, 0.4) is 0 Å². The maximum atomic E-state index is 12.7. The van der Waals surface area contributed by atoms with E-state index in [1.165, 1.54) is 24.3 Å². The van der Waals surface area contributed by atoms with Crippen molar-refractivity contribution in [2.75, 3.05) is 49.5 Å². The molecular weight excluding hydrogens is 424 g/mol. The molecule has 0 saturated carbocycles. The molecule has 1 saturated heterocycles. The normalized spacial score (nSPS) is 14.3. The lowest BCUT2D eigenvalue weighted by molar-refractivity contribution is -0.384. The van der Waals surface area contributed by atoms with Gasteiger partial charge in [-0.05, 0) is 43.3 Å². The number of non-ortho nitro benzene ring substituents is 1. The minimum absolute atomic E-state index is 0.0480. The third-order valence-electron chi connectivity index (χ3n) is 5.43. The number of likely N-dealkylation sites (N-methyl/N-ethyl adjacent to an activating group) is 1. The standard InChI is InChI=1S/C24H28N4O5/c1-3-26-12-14-27(15-13-26)22-10-9-19(24(30)33-4-2)17-21(22)25-23(29)11-8-18-6-5-7-20(16-18)28(31)32/h5-11,16-17H,3-4,12-15H2,1-2H3,(H,25,29)/b11-8+. The summed E-state index contributed by atoms with van der Waals surface area (Å²) in [5.74, 6) is -0.863. The van der Waals surface area contributed by atoms with Crippen LogP contribution in [-0.4, -0.2) is 61.0 Å². The van der Waals surface area contributed by atoms with Gasteiger partial charge in [0.25, 0.3) is 5.69 Å². The summed E-state index contributed by atoms with van der Waals surface area (Å²) < 4.78 is 5.10. The highest BCUT2D eigenvalue weighted by Gasteiger charge is 2.20. The van der Waals surface area contributed by atoms with E-state index in [9.17, 15) is 19.7 Å². The molecule has 0 bridgehead atoms. The van der Waals surface area contributed by atoms with Crippen molar-refractivity contribution >= 4 is 35.0 Å². The number of nitro groups is 1. The summed E-state index contributed by atoms with van der Waals surface area (Å²) in [7, 11) is 0. The van der Waals surface area contributed by atoms with Crippen molar-refractivity contribution in [3.63, 3.8) is 0 Å². The summed E-state index contributed by atoms with van der Waals surface area (Å²) in [6.07, 6.45) is 2.83. The van der Waals surface area contributed by atoms with Crippen LogP contribution in [0.15, 0.2) is 48.5 Å². The zero-order valence-electron chi connectivity index (χ0n) is 18.8. The lowest BCUT2D eigenvalue weighted by Crippen LogP contribution is -2.46. The number of carbonyl (C=O) groups excluding carboxylic acids is 2. The van der Waals surface area contributed by atoms with Crippen molar-refractivity contribution in [2.24, 2.45) is 0 Å². The number of anilines is 2. The van der Waals surface area contributed by atoms with Crippen LogP contribution in [0.4, 0.5) is 17.1 Å². The Bertz CT molecular complexity index is 1040. The third kappa shape index (κ3) is 6.39. The van der Waals surface area contributed by atoms with Crippen molar-refractivity contribution in [3.8, 4) is 0 Å². The highest BCUT2D eigenvalue weighted by atomic mass is 16.6. The first-order chi connectivity index (χ1) is 15.9. The molecular formula is C24H28N4O5. The van der Waals surface area contributed by atoms with Gasteiger partial charge in [-0.1, -0.05) is 19.1 Å². The number of esters is 1. The molecule has 0 aliphatic carbocycles. The molecule has 0 radical (unpaired) electrons. The monoisotopic (exact) mass is 452 g/mol. The number of nitro benzene ring substituents is 1. The second kappa shape index (κ2) is 11.2. The zero-order valence-corrected chi connectivity index (χ0v) is 18.8. The Balaban J connectivity index is 1.81. The number of amides is 1. The smallest absolute Gasteiger partial charge is 0.338 e. The molecule has 0 aromatic heterocycles. The SMILES string of the molecule is CCOC(=O)c1ccc(N2CCN(CC)CC2)c(NC(=O)/C=C/c2cccc([N+](=O)[O-])c2)c1. The van der Waals surface area contributed by atoms with Gasteiger partial charge in [0.05, 0.1) is 28.5 Å². The molecule has 2 aromatic rings. The van der Waals surface area contributed by atoms with Gasteiger partial charge >= 0.3 is 5.97 Å². The van der Waals surface area contributed by atoms with E-state index in [1.54, 1.807) is 31.2 Å². The van der Waals surface area contributed by atoms with Gasteiger partial charge in [0.15, 0.2) is 0 Å². The summed E-state index contributed by atoms with van der Waals surface area (Å²) in [6.45, 7) is 8.54. The highest BCUT2D eigenvalue weighted by molar-refractivity contribution is 6.05. The molecule has 1 N–H and O–H groups in total. The van der Waals surface area contributed by atoms with Crippen LogP contribution >= 0.6 is 0 Å². The number of nitrogens with zero attached hydrogens (tertiary/aromatic N) is 3. The number of piperazine rings is 1. The number of ether oxygens (including phenoxy) is 1. The predicted molar refractivity (Wildman–Crippen MR) is 127 cm³/mol. The first-order valence-corrected chi connectivity index (χ1v) is 10.9. The van der Waals surface area contributed by atoms with Crippen LogP contribution in [-0.2, 0) is 9.53 Å². The van der Waals surface area contributed by atoms with Gasteiger partial charge in [0, 0.05) is 44.4 Å². The van der Waals surface area contributed by atoms with Crippen LogP contribution < -0.4 is 10.2 Å². The molecule has 1 amide bonds.